The third kappa shape index (κ3) is 5.14. The molecular weight excluding hydrogens is 703 g/mol. The topological polar surface area (TPSA) is 51.8 Å². The molecule has 0 atom stereocenters. The molecule has 3 aromatic heterocycles. The van der Waals surface area contributed by atoms with E-state index >= 15 is 0 Å². The molecule has 4 nitrogen and oxygen atoms in total. The van der Waals surface area contributed by atoms with Gasteiger partial charge in [-0.05, 0) is 75.4 Å². The van der Waals surface area contributed by atoms with E-state index < -0.39 is 0 Å². The fourth-order valence-corrected chi connectivity index (χ4v) is 10.2. The first-order valence-electron chi connectivity index (χ1n) is 19.5. The van der Waals surface area contributed by atoms with Gasteiger partial charge in [-0.15, -0.1) is 11.3 Å². The Kier molecular flexibility index (Phi) is 7.21. The average molecular weight is 742 g/mol. The van der Waals surface area contributed by atoms with Gasteiger partial charge in [0, 0.05) is 53.2 Å². The first kappa shape index (κ1) is 33.2. The van der Waals surface area contributed by atoms with E-state index in [9.17, 15) is 0 Å². The summed E-state index contributed by atoms with van der Waals surface area (Å²) in [5.41, 5.74) is 9.97. The average Bonchev–Trinajstić information content (AvgIpc) is 3.81. The van der Waals surface area contributed by atoms with E-state index in [1.165, 1.54) is 55.1 Å². The zero-order valence-electron chi connectivity index (χ0n) is 31.9. The zero-order chi connectivity index (χ0) is 37.8. The summed E-state index contributed by atoms with van der Waals surface area (Å²) < 4.78 is 9.30. The fourth-order valence-electron chi connectivity index (χ4n) is 9.05. The number of hydrogen-bond donors (Lipinski definition) is 0. The number of aromatic nitrogens is 3. The molecule has 56 heavy (non-hydrogen) atoms. The molecule has 0 aliphatic heterocycles. The highest BCUT2D eigenvalue weighted by Crippen LogP contribution is 2.48. The molecule has 11 rings (SSSR count). The lowest BCUT2D eigenvalue weighted by Crippen LogP contribution is -2.33. The van der Waals surface area contributed by atoms with Gasteiger partial charge in [-0.3, -0.25) is 0 Å². The standard InChI is InChI=1S/C51H39N3OS/c1-50(2)26-27-51(3,4)40-29-32(24-25-39(40)50)34-15-9-16-36-44-37(17-10-19-41(44)55-46(34)36)48-52-47(33-23-22-30-12-5-6-13-31(30)28-33)53-49(54-48)38-18-11-21-43-45(38)35-14-7-8-20-42(35)56-43/h5-25,28-29H,26-27H2,1-4H3. The van der Waals surface area contributed by atoms with Gasteiger partial charge in [0.2, 0.25) is 0 Å². The molecule has 0 N–H and O–H groups in total. The minimum absolute atomic E-state index is 0.106. The predicted octanol–water partition coefficient (Wildman–Crippen LogP) is 14.3. The minimum Gasteiger partial charge on any atom is -0.455 e. The van der Waals surface area contributed by atoms with Crippen LogP contribution in [-0.4, -0.2) is 15.0 Å². The van der Waals surface area contributed by atoms with Gasteiger partial charge >= 0.3 is 0 Å². The Balaban J connectivity index is 1.14. The number of rotatable bonds is 4. The fraction of sp³-hybridized carbons (Fsp3) is 0.157. The summed E-state index contributed by atoms with van der Waals surface area (Å²) in [7, 11) is 0. The van der Waals surface area contributed by atoms with Crippen molar-refractivity contribution in [1.29, 1.82) is 0 Å². The quantitative estimate of drug-likeness (QED) is 0.180. The maximum absolute atomic E-state index is 6.84. The monoisotopic (exact) mass is 741 g/mol. The van der Waals surface area contributed by atoms with Crippen molar-refractivity contribution in [2.45, 2.75) is 51.4 Å². The molecule has 7 aromatic carbocycles. The van der Waals surface area contributed by atoms with E-state index in [4.69, 9.17) is 19.4 Å². The Morgan fingerprint density at radius 1 is 0.482 bits per heavy atom. The molecule has 1 aliphatic carbocycles. The molecule has 0 saturated heterocycles. The van der Waals surface area contributed by atoms with Crippen LogP contribution >= 0.6 is 11.3 Å². The van der Waals surface area contributed by atoms with Crippen molar-refractivity contribution in [3.63, 3.8) is 0 Å². The summed E-state index contributed by atoms with van der Waals surface area (Å²) >= 11 is 1.80. The third-order valence-electron chi connectivity index (χ3n) is 12.2. The van der Waals surface area contributed by atoms with Gasteiger partial charge in [-0.2, -0.15) is 0 Å². The SMILES string of the molecule is CC1(C)CCC(C)(C)c2cc(-c3cccc4c3oc3cccc(-c5nc(-c6ccc7ccccc7c6)nc(-c6cccc7sc8ccccc8c67)n5)c34)ccc21. The molecule has 10 aromatic rings. The summed E-state index contributed by atoms with van der Waals surface area (Å²) in [5, 5.41) is 6.75. The van der Waals surface area contributed by atoms with Gasteiger partial charge in [0.15, 0.2) is 17.5 Å². The van der Waals surface area contributed by atoms with E-state index in [2.05, 4.69) is 167 Å². The Labute approximate surface area is 329 Å². The normalized spacial score (nSPS) is 14.9. The van der Waals surface area contributed by atoms with Crippen LogP contribution in [0.15, 0.2) is 144 Å². The second-order valence-corrected chi connectivity index (χ2v) is 17.7. The van der Waals surface area contributed by atoms with Gasteiger partial charge in [0.25, 0.3) is 0 Å². The van der Waals surface area contributed by atoms with E-state index in [-0.39, 0.29) is 10.8 Å². The van der Waals surface area contributed by atoms with Gasteiger partial charge in [-0.25, -0.2) is 15.0 Å². The molecule has 3 heterocycles. The molecule has 0 fully saturated rings. The summed E-state index contributed by atoms with van der Waals surface area (Å²) in [6.45, 7) is 9.52. The Morgan fingerprint density at radius 2 is 1.11 bits per heavy atom. The second-order valence-electron chi connectivity index (χ2n) is 16.6. The summed E-state index contributed by atoms with van der Waals surface area (Å²) in [5.74, 6) is 1.90. The van der Waals surface area contributed by atoms with E-state index in [1.807, 2.05) is 0 Å². The van der Waals surface area contributed by atoms with Gasteiger partial charge in [-0.1, -0.05) is 143 Å². The van der Waals surface area contributed by atoms with Crippen molar-refractivity contribution in [1.82, 2.24) is 15.0 Å². The zero-order valence-corrected chi connectivity index (χ0v) is 32.7. The van der Waals surface area contributed by atoms with Crippen molar-refractivity contribution >= 4 is 64.2 Å². The maximum Gasteiger partial charge on any atom is 0.164 e. The highest BCUT2D eigenvalue weighted by Gasteiger charge is 2.37. The molecule has 5 heteroatoms. The van der Waals surface area contributed by atoms with Crippen molar-refractivity contribution in [2.75, 3.05) is 0 Å². The predicted molar refractivity (Wildman–Crippen MR) is 235 cm³/mol. The van der Waals surface area contributed by atoms with Crippen LogP contribution < -0.4 is 0 Å². The molecule has 0 radical (unpaired) electrons. The van der Waals surface area contributed by atoms with Gasteiger partial charge < -0.3 is 4.42 Å². The number of fused-ring (bicyclic) bond motifs is 8. The van der Waals surface area contributed by atoms with Gasteiger partial charge in [0.1, 0.15) is 11.2 Å². The number of para-hydroxylation sites is 1. The van der Waals surface area contributed by atoms with Gasteiger partial charge in [0.05, 0.1) is 0 Å². The summed E-state index contributed by atoms with van der Waals surface area (Å²) in [6, 6.07) is 49.7. The van der Waals surface area contributed by atoms with Crippen molar-refractivity contribution in [2.24, 2.45) is 0 Å². The maximum atomic E-state index is 6.84. The van der Waals surface area contributed by atoms with Crippen molar-refractivity contribution in [3.8, 4) is 45.3 Å². The molecule has 0 amide bonds. The number of hydrogen-bond acceptors (Lipinski definition) is 5. The smallest absolute Gasteiger partial charge is 0.164 e. The molecule has 0 unspecified atom stereocenters. The molecule has 0 spiro atoms. The lowest BCUT2D eigenvalue weighted by molar-refractivity contribution is 0.332. The Hall–Kier alpha value is -6.17. The molecule has 0 bridgehead atoms. The molecule has 1 aliphatic rings. The molecular formula is C51H39N3OS. The number of thiophene rings is 1. The molecule has 0 saturated carbocycles. The lowest BCUT2D eigenvalue weighted by atomic mass is 9.63. The van der Waals surface area contributed by atoms with Crippen LogP contribution in [0.5, 0.6) is 0 Å². The van der Waals surface area contributed by atoms with Crippen LogP contribution in [0.1, 0.15) is 51.7 Å². The van der Waals surface area contributed by atoms with Crippen molar-refractivity contribution in [3.05, 3.63) is 151 Å². The number of nitrogens with zero attached hydrogens (tertiary/aromatic N) is 3. The summed E-state index contributed by atoms with van der Waals surface area (Å²) in [6.07, 6.45) is 2.36. The van der Waals surface area contributed by atoms with Crippen LogP contribution in [0.25, 0.3) is 98.2 Å². The van der Waals surface area contributed by atoms with E-state index in [0.717, 1.165) is 49.6 Å². The third-order valence-corrected chi connectivity index (χ3v) is 13.3. The largest absolute Gasteiger partial charge is 0.455 e. The first-order valence-corrected chi connectivity index (χ1v) is 20.3. The van der Waals surface area contributed by atoms with Crippen LogP contribution in [-0.2, 0) is 10.8 Å². The second kappa shape index (κ2) is 12.2. The van der Waals surface area contributed by atoms with E-state index in [1.54, 1.807) is 11.3 Å². The van der Waals surface area contributed by atoms with Crippen molar-refractivity contribution < 1.29 is 4.42 Å². The first-order chi connectivity index (χ1) is 27.2. The Bertz CT molecular complexity index is 3220. The van der Waals surface area contributed by atoms with E-state index in [0.29, 0.717) is 17.5 Å². The van der Waals surface area contributed by atoms with Crippen LogP contribution in [0.4, 0.5) is 0 Å². The Morgan fingerprint density at radius 3 is 1.95 bits per heavy atom. The number of furan rings is 1. The molecule has 270 valence electrons. The lowest BCUT2D eigenvalue weighted by Gasteiger charge is -2.42. The van der Waals surface area contributed by atoms with Crippen LogP contribution in [0.3, 0.4) is 0 Å². The highest BCUT2D eigenvalue weighted by molar-refractivity contribution is 7.25. The highest BCUT2D eigenvalue weighted by atomic mass is 32.1. The summed E-state index contributed by atoms with van der Waals surface area (Å²) in [4.78, 5) is 15.8. The minimum atomic E-state index is 0.106. The number of benzene rings is 7. The van der Waals surface area contributed by atoms with Crippen LogP contribution in [0, 0.1) is 0 Å². The van der Waals surface area contributed by atoms with Crippen LogP contribution in [0.2, 0.25) is 0 Å².